The second-order valence-corrected chi connectivity index (χ2v) is 5.92. The van der Waals surface area contributed by atoms with E-state index in [1.54, 1.807) is 6.07 Å². The van der Waals surface area contributed by atoms with Crippen molar-refractivity contribution in [3.05, 3.63) is 101 Å². The van der Waals surface area contributed by atoms with Crippen LogP contribution in [0.3, 0.4) is 0 Å². The van der Waals surface area contributed by atoms with Gasteiger partial charge >= 0.3 is 5.97 Å². The van der Waals surface area contributed by atoms with Crippen molar-refractivity contribution in [2.24, 2.45) is 0 Å². The molecule has 0 aromatic heterocycles. The third-order valence-corrected chi connectivity index (χ3v) is 3.96. The van der Waals surface area contributed by atoms with Crippen LogP contribution in [-0.2, 0) is 16.0 Å². The van der Waals surface area contributed by atoms with Crippen molar-refractivity contribution in [2.75, 3.05) is 11.9 Å². The molecule has 0 radical (unpaired) electrons. The molecule has 136 valence electrons. The van der Waals surface area contributed by atoms with E-state index in [9.17, 15) is 14.0 Å². The van der Waals surface area contributed by atoms with Gasteiger partial charge in [0, 0.05) is 5.69 Å². The molecule has 0 aliphatic heterocycles. The number of hydrogen-bond acceptors (Lipinski definition) is 3. The van der Waals surface area contributed by atoms with Crippen molar-refractivity contribution < 1.29 is 18.7 Å². The molecule has 3 aromatic rings. The lowest BCUT2D eigenvalue weighted by Crippen LogP contribution is -2.22. The Morgan fingerprint density at radius 3 is 2.30 bits per heavy atom. The summed E-state index contributed by atoms with van der Waals surface area (Å²) in [6, 6.07) is 22.8. The van der Waals surface area contributed by atoms with Crippen molar-refractivity contribution in [3.8, 4) is 0 Å². The molecule has 0 saturated carbocycles. The van der Waals surface area contributed by atoms with E-state index in [1.165, 1.54) is 18.2 Å². The number of amides is 1. The summed E-state index contributed by atoms with van der Waals surface area (Å²) in [5.41, 5.74) is 2.51. The average Bonchev–Trinajstić information content (AvgIpc) is 2.69. The molecule has 0 saturated heterocycles. The minimum absolute atomic E-state index is 0.199. The van der Waals surface area contributed by atoms with Gasteiger partial charge in [0.2, 0.25) is 0 Å². The fraction of sp³-hybridized carbons (Fsp3) is 0.0909. The molecule has 0 spiro atoms. The molecule has 0 aliphatic carbocycles. The highest BCUT2D eigenvalue weighted by molar-refractivity contribution is 5.96. The number of ether oxygens (including phenoxy) is 1. The van der Waals surface area contributed by atoms with Gasteiger partial charge in [-0.1, -0.05) is 60.7 Å². The van der Waals surface area contributed by atoms with Crippen molar-refractivity contribution in [3.63, 3.8) is 0 Å². The zero-order chi connectivity index (χ0) is 19.1. The van der Waals surface area contributed by atoms with Gasteiger partial charge in [0.15, 0.2) is 6.61 Å². The maximum absolute atomic E-state index is 13.6. The lowest BCUT2D eigenvalue weighted by molar-refractivity contribution is -0.119. The van der Waals surface area contributed by atoms with Crippen LogP contribution in [0.2, 0.25) is 0 Å². The molecular formula is C22H18FNO3. The fourth-order valence-corrected chi connectivity index (χ4v) is 2.63. The number of carbonyl (C=O) groups excluding carboxylic acids is 2. The van der Waals surface area contributed by atoms with Crippen LogP contribution in [0, 0.1) is 5.82 Å². The maximum Gasteiger partial charge on any atom is 0.341 e. The lowest BCUT2D eigenvalue weighted by Gasteiger charge is -2.11. The summed E-state index contributed by atoms with van der Waals surface area (Å²) in [5.74, 6) is -2.04. The Morgan fingerprint density at radius 2 is 1.52 bits per heavy atom. The van der Waals surface area contributed by atoms with Gasteiger partial charge in [0.05, 0.1) is 5.56 Å². The summed E-state index contributed by atoms with van der Waals surface area (Å²) in [6.07, 6.45) is 0.659. The van der Waals surface area contributed by atoms with E-state index in [4.69, 9.17) is 4.74 Å². The molecule has 0 unspecified atom stereocenters. The normalized spacial score (nSPS) is 10.3. The molecule has 0 heterocycles. The topological polar surface area (TPSA) is 55.4 Å². The van der Waals surface area contributed by atoms with E-state index in [0.717, 1.165) is 17.2 Å². The van der Waals surface area contributed by atoms with E-state index in [0.29, 0.717) is 12.1 Å². The summed E-state index contributed by atoms with van der Waals surface area (Å²) >= 11 is 0. The van der Waals surface area contributed by atoms with Crippen molar-refractivity contribution in [1.29, 1.82) is 0 Å². The summed E-state index contributed by atoms with van der Waals surface area (Å²) in [5, 5.41) is 2.74. The van der Waals surface area contributed by atoms with Gasteiger partial charge in [-0.05, 0) is 35.7 Å². The third kappa shape index (κ3) is 5.01. The van der Waals surface area contributed by atoms with Crippen molar-refractivity contribution in [1.82, 2.24) is 0 Å². The molecule has 3 aromatic carbocycles. The number of benzene rings is 3. The molecule has 1 amide bonds. The standard InChI is InChI=1S/C22H18FNO3/c23-19-12-6-5-11-18(19)22(26)27-15-21(25)24-20-13-7-4-10-17(20)14-16-8-2-1-3-9-16/h1-13H,14-15H2,(H,24,25). The number of halogens is 1. The number of nitrogens with one attached hydrogen (secondary N) is 1. The second kappa shape index (κ2) is 8.76. The van der Waals surface area contributed by atoms with Crippen LogP contribution >= 0.6 is 0 Å². The second-order valence-electron chi connectivity index (χ2n) is 5.92. The number of para-hydroxylation sites is 1. The molecule has 0 bridgehead atoms. The number of anilines is 1. The largest absolute Gasteiger partial charge is 0.452 e. The van der Waals surface area contributed by atoms with Crippen molar-refractivity contribution >= 4 is 17.6 Å². The molecule has 0 atom stereocenters. The highest BCUT2D eigenvalue weighted by Gasteiger charge is 2.15. The first-order chi connectivity index (χ1) is 13.1. The summed E-state index contributed by atoms with van der Waals surface area (Å²) in [6.45, 7) is -0.493. The first-order valence-electron chi connectivity index (χ1n) is 8.47. The Labute approximate surface area is 156 Å². The quantitative estimate of drug-likeness (QED) is 0.668. The summed E-state index contributed by atoms with van der Waals surface area (Å²) in [7, 11) is 0. The molecule has 0 aliphatic rings. The summed E-state index contributed by atoms with van der Waals surface area (Å²) < 4.78 is 18.5. The van der Waals surface area contributed by atoms with E-state index in [1.807, 2.05) is 48.5 Å². The van der Waals surface area contributed by atoms with Crippen LogP contribution in [0.5, 0.6) is 0 Å². The first-order valence-corrected chi connectivity index (χ1v) is 8.47. The number of rotatable bonds is 6. The van der Waals surface area contributed by atoms with E-state index >= 15 is 0 Å². The highest BCUT2D eigenvalue weighted by atomic mass is 19.1. The zero-order valence-corrected chi connectivity index (χ0v) is 14.5. The highest BCUT2D eigenvalue weighted by Crippen LogP contribution is 2.19. The van der Waals surface area contributed by atoms with Crippen LogP contribution in [-0.4, -0.2) is 18.5 Å². The third-order valence-electron chi connectivity index (χ3n) is 3.96. The minimum atomic E-state index is -0.874. The van der Waals surface area contributed by atoms with Crippen LogP contribution < -0.4 is 5.32 Å². The van der Waals surface area contributed by atoms with Crippen LogP contribution in [0.4, 0.5) is 10.1 Å². The molecule has 4 nitrogen and oxygen atoms in total. The van der Waals surface area contributed by atoms with Crippen LogP contribution in [0.25, 0.3) is 0 Å². The maximum atomic E-state index is 13.6. The monoisotopic (exact) mass is 363 g/mol. The first kappa shape index (κ1) is 18.3. The van der Waals surface area contributed by atoms with Gasteiger partial charge in [-0.15, -0.1) is 0 Å². The van der Waals surface area contributed by atoms with E-state index in [-0.39, 0.29) is 5.56 Å². The van der Waals surface area contributed by atoms with Gasteiger partial charge < -0.3 is 10.1 Å². The van der Waals surface area contributed by atoms with Crippen molar-refractivity contribution in [2.45, 2.75) is 6.42 Å². The molecule has 1 N–H and O–H groups in total. The predicted molar refractivity (Wildman–Crippen MR) is 101 cm³/mol. The average molecular weight is 363 g/mol. The minimum Gasteiger partial charge on any atom is -0.452 e. The Balaban J connectivity index is 1.61. The Hall–Kier alpha value is -3.47. The SMILES string of the molecule is O=C(COC(=O)c1ccccc1F)Nc1ccccc1Cc1ccccc1. The van der Waals surface area contributed by atoms with Gasteiger partial charge in [-0.25, -0.2) is 9.18 Å². The molecule has 5 heteroatoms. The van der Waals surface area contributed by atoms with E-state index < -0.39 is 24.3 Å². The Morgan fingerprint density at radius 1 is 0.852 bits per heavy atom. The number of carbonyl (C=O) groups is 2. The van der Waals surface area contributed by atoms with Crippen LogP contribution in [0.1, 0.15) is 21.5 Å². The number of esters is 1. The fourth-order valence-electron chi connectivity index (χ4n) is 2.63. The van der Waals surface area contributed by atoms with Gasteiger partial charge in [0.25, 0.3) is 5.91 Å². The molecular weight excluding hydrogens is 345 g/mol. The van der Waals surface area contributed by atoms with Gasteiger partial charge in [0.1, 0.15) is 5.82 Å². The lowest BCUT2D eigenvalue weighted by atomic mass is 10.0. The van der Waals surface area contributed by atoms with E-state index in [2.05, 4.69) is 5.32 Å². The molecule has 3 rings (SSSR count). The molecule has 0 fully saturated rings. The summed E-state index contributed by atoms with van der Waals surface area (Å²) in [4.78, 5) is 24.0. The zero-order valence-electron chi connectivity index (χ0n) is 14.5. The Bertz CT molecular complexity index is 941. The predicted octanol–water partition coefficient (Wildman–Crippen LogP) is 4.21. The Kier molecular flexibility index (Phi) is 5.94. The van der Waals surface area contributed by atoms with Gasteiger partial charge in [-0.2, -0.15) is 0 Å². The van der Waals surface area contributed by atoms with Gasteiger partial charge in [-0.3, -0.25) is 4.79 Å². The number of hydrogen-bond donors (Lipinski definition) is 1. The van der Waals surface area contributed by atoms with Crippen LogP contribution in [0.15, 0.2) is 78.9 Å². The smallest absolute Gasteiger partial charge is 0.341 e. The molecule has 27 heavy (non-hydrogen) atoms.